The molecule has 5 rings (SSSR count). The molecule has 2 aromatic heterocycles. The molecule has 5 unspecified atom stereocenters. The fourth-order valence-electron chi connectivity index (χ4n) is 6.55. The van der Waals surface area contributed by atoms with E-state index in [0.717, 1.165) is 11.6 Å². The van der Waals surface area contributed by atoms with Crippen molar-refractivity contribution in [1.82, 2.24) is 14.9 Å². The van der Waals surface area contributed by atoms with Gasteiger partial charge in [0.25, 0.3) is 5.91 Å². The topological polar surface area (TPSA) is 110 Å². The molecule has 0 saturated heterocycles. The van der Waals surface area contributed by atoms with Crippen LogP contribution >= 0.6 is 0 Å². The van der Waals surface area contributed by atoms with Crippen LogP contribution in [0, 0.1) is 23.5 Å². The highest BCUT2D eigenvalue weighted by Crippen LogP contribution is 2.43. The van der Waals surface area contributed by atoms with Gasteiger partial charge in [-0.05, 0) is 78.8 Å². The predicted molar refractivity (Wildman–Crippen MR) is 147 cm³/mol. The molecule has 210 valence electrons. The van der Waals surface area contributed by atoms with E-state index in [0.29, 0.717) is 36.9 Å². The van der Waals surface area contributed by atoms with Crippen LogP contribution in [0.1, 0.15) is 53.7 Å². The zero-order valence-corrected chi connectivity index (χ0v) is 22.7. The van der Waals surface area contributed by atoms with Crippen molar-refractivity contribution in [3.05, 3.63) is 77.2 Å². The number of nitrogens with zero attached hydrogens (tertiary/aromatic N) is 3. The SMILES string of the molecule is COC(=O)N(C)C1C(N)CC2CC1CC(C)Cc1cccc(F)c1-c1nc(ccc1F)C(=O)Nc1cnccc12. The van der Waals surface area contributed by atoms with E-state index in [-0.39, 0.29) is 46.8 Å². The molecule has 3 heterocycles. The van der Waals surface area contributed by atoms with Crippen molar-refractivity contribution >= 4 is 17.7 Å². The van der Waals surface area contributed by atoms with Gasteiger partial charge in [0.05, 0.1) is 25.0 Å². The van der Waals surface area contributed by atoms with Gasteiger partial charge in [-0.2, -0.15) is 0 Å². The number of fused-ring (bicyclic) bond motifs is 8. The summed E-state index contributed by atoms with van der Waals surface area (Å²) in [5.41, 5.74) is 8.52. The maximum atomic E-state index is 15.3. The summed E-state index contributed by atoms with van der Waals surface area (Å²) < 4.78 is 35.4. The number of halogens is 2. The number of likely N-dealkylation sites (N-methyl/N-ethyl adjacent to an activating group) is 1. The van der Waals surface area contributed by atoms with Crippen LogP contribution in [0.4, 0.5) is 19.3 Å². The maximum Gasteiger partial charge on any atom is 0.409 e. The molecule has 4 bridgehead atoms. The maximum absolute atomic E-state index is 15.3. The first kappa shape index (κ1) is 27.6. The normalized spacial score (nSPS) is 24.4. The lowest BCUT2D eigenvalue weighted by Gasteiger charge is -2.45. The molecule has 8 nitrogen and oxygen atoms in total. The number of nitrogens with two attached hydrogens (primary N) is 1. The van der Waals surface area contributed by atoms with Gasteiger partial charge < -0.3 is 20.7 Å². The first-order chi connectivity index (χ1) is 19.2. The van der Waals surface area contributed by atoms with Gasteiger partial charge in [-0.1, -0.05) is 19.1 Å². The van der Waals surface area contributed by atoms with Crippen molar-refractivity contribution in [2.75, 3.05) is 19.5 Å². The Balaban J connectivity index is 1.65. The molecule has 40 heavy (non-hydrogen) atoms. The summed E-state index contributed by atoms with van der Waals surface area (Å²) in [5, 5.41) is 2.88. The molecule has 10 heteroatoms. The Kier molecular flexibility index (Phi) is 7.80. The molecule has 5 atom stereocenters. The Morgan fingerprint density at radius 1 is 1.12 bits per heavy atom. The molecule has 0 radical (unpaired) electrons. The molecule has 0 spiro atoms. The van der Waals surface area contributed by atoms with Crippen molar-refractivity contribution in [1.29, 1.82) is 0 Å². The molecule has 3 N–H and O–H groups in total. The van der Waals surface area contributed by atoms with Gasteiger partial charge in [-0.25, -0.2) is 18.6 Å². The third-order valence-corrected chi connectivity index (χ3v) is 8.21. The number of hydrogen-bond donors (Lipinski definition) is 2. The zero-order chi connectivity index (χ0) is 28.6. The van der Waals surface area contributed by atoms with Crippen LogP contribution in [-0.2, 0) is 11.2 Å². The van der Waals surface area contributed by atoms with E-state index < -0.39 is 23.6 Å². The van der Waals surface area contributed by atoms with Crippen molar-refractivity contribution < 1.29 is 23.1 Å². The second-order valence-electron chi connectivity index (χ2n) is 10.9. The van der Waals surface area contributed by atoms with Gasteiger partial charge in [-0.3, -0.25) is 9.78 Å². The summed E-state index contributed by atoms with van der Waals surface area (Å²) in [6, 6.07) is 8.25. The van der Waals surface area contributed by atoms with Gasteiger partial charge in [-0.15, -0.1) is 0 Å². The van der Waals surface area contributed by atoms with Crippen molar-refractivity contribution in [2.45, 2.75) is 50.6 Å². The van der Waals surface area contributed by atoms with Crippen LogP contribution in [-0.4, -0.2) is 53.1 Å². The second kappa shape index (κ2) is 11.3. The first-order valence-electron chi connectivity index (χ1n) is 13.4. The third kappa shape index (κ3) is 5.28. The van der Waals surface area contributed by atoms with Crippen LogP contribution < -0.4 is 11.1 Å². The summed E-state index contributed by atoms with van der Waals surface area (Å²) in [5.74, 6) is -1.91. The highest BCUT2D eigenvalue weighted by molar-refractivity contribution is 6.03. The molecule has 3 aromatic rings. The molecule has 2 aliphatic rings. The van der Waals surface area contributed by atoms with Gasteiger partial charge >= 0.3 is 6.09 Å². The van der Waals surface area contributed by atoms with E-state index in [9.17, 15) is 9.59 Å². The van der Waals surface area contributed by atoms with Crippen molar-refractivity contribution in [2.24, 2.45) is 17.6 Å². The Morgan fingerprint density at radius 2 is 1.93 bits per heavy atom. The number of anilines is 1. The number of carbonyl (C=O) groups excluding carboxylic acids is 2. The average Bonchev–Trinajstić information content (AvgIpc) is 2.92. The lowest BCUT2D eigenvalue weighted by atomic mass is 9.69. The van der Waals surface area contributed by atoms with Gasteiger partial charge in [0.15, 0.2) is 0 Å². The van der Waals surface area contributed by atoms with Crippen LogP contribution in [0.3, 0.4) is 0 Å². The summed E-state index contributed by atoms with van der Waals surface area (Å²) in [4.78, 5) is 35.9. The van der Waals surface area contributed by atoms with Gasteiger partial charge in [0, 0.05) is 24.8 Å². The van der Waals surface area contributed by atoms with E-state index >= 15 is 8.78 Å². The fraction of sp³-hybridized carbons (Fsp3) is 0.400. The number of pyridine rings is 2. The third-order valence-electron chi connectivity index (χ3n) is 8.21. The molecule has 1 aromatic carbocycles. The Morgan fingerprint density at radius 3 is 2.70 bits per heavy atom. The number of ether oxygens (including phenoxy) is 1. The minimum absolute atomic E-state index is 0.0145. The fourth-order valence-corrected chi connectivity index (χ4v) is 6.55. The number of carbonyl (C=O) groups is 2. The lowest BCUT2D eigenvalue weighted by molar-refractivity contribution is 0.0655. The summed E-state index contributed by atoms with van der Waals surface area (Å²) in [7, 11) is 3.04. The highest BCUT2D eigenvalue weighted by atomic mass is 19.1. The molecule has 1 fully saturated rings. The zero-order valence-electron chi connectivity index (χ0n) is 22.7. The molecular weight excluding hydrogens is 516 g/mol. The molecule has 1 aliphatic carbocycles. The Bertz CT molecular complexity index is 1430. The number of hydrogen-bond acceptors (Lipinski definition) is 6. The molecule has 1 saturated carbocycles. The van der Waals surface area contributed by atoms with Crippen LogP contribution in [0.2, 0.25) is 0 Å². The predicted octanol–water partition coefficient (Wildman–Crippen LogP) is 5.14. The standard InChI is InChI=1S/C30H33F2N5O3/c1-16-11-17-5-4-6-21(31)26(17)27-22(32)7-8-24(35-27)29(38)36-25-15-34-10-9-20(25)18-13-19(12-16)28(23(33)14-18)37(2)30(39)40-3/h4-10,15-16,18-19,23,28H,11-14,33H2,1-3H3,(H,36,38). The number of rotatable bonds is 1. The Hall–Kier alpha value is -3.92. The van der Waals surface area contributed by atoms with E-state index in [1.807, 2.05) is 6.07 Å². The number of benzene rings is 1. The highest BCUT2D eigenvalue weighted by Gasteiger charge is 2.42. The minimum Gasteiger partial charge on any atom is -0.453 e. The van der Waals surface area contributed by atoms with Gasteiger partial charge in [0.2, 0.25) is 0 Å². The van der Waals surface area contributed by atoms with E-state index in [1.54, 1.807) is 36.5 Å². The van der Waals surface area contributed by atoms with Crippen molar-refractivity contribution in [3.8, 4) is 11.3 Å². The lowest BCUT2D eigenvalue weighted by Crippen LogP contribution is -2.56. The molecule has 1 aliphatic heterocycles. The van der Waals surface area contributed by atoms with Crippen LogP contribution in [0.15, 0.2) is 48.8 Å². The minimum atomic E-state index is -0.719. The summed E-state index contributed by atoms with van der Waals surface area (Å²) in [6.07, 6.45) is 5.17. The summed E-state index contributed by atoms with van der Waals surface area (Å²) in [6.45, 7) is 2.06. The first-order valence-corrected chi connectivity index (χ1v) is 13.4. The largest absolute Gasteiger partial charge is 0.453 e. The molecule has 2 amide bonds. The number of amides is 2. The quantitative estimate of drug-likeness (QED) is 0.435. The number of aromatic nitrogens is 2. The summed E-state index contributed by atoms with van der Waals surface area (Å²) >= 11 is 0. The van der Waals surface area contributed by atoms with E-state index in [4.69, 9.17) is 10.5 Å². The van der Waals surface area contributed by atoms with Gasteiger partial charge in [0.1, 0.15) is 23.0 Å². The van der Waals surface area contributed by atoms with E-state index in [1.165, 1.54) is 19.2 Å². The van der Waals surface area contributed by atoms with Crippen molar-refractivity contribution in [3.63, 3.8) is 0 Å². The van der Waals surface area contributed by atoms with E-state index in [2.05, 4.69) is 22.2 Å². The average molecular weight is 550 g/mol. The molecular formula is C30H33F2N5O3. The number of methoxy groups -OCH3 is 1. The Labute approximate surface area is 231 Å². The smallest absolute Gasteiger partial charge is 0.409 e. The monoisotopic (exact) mass is 549 g/mol. The number of nitrogens with one attached hydrogen (secondary N) is 1. The van der Waals surface area contributed by atoms with Crippen LogP contribution in [0.5, 0.6) is 0 Å². The second-order valence-corrected chi connectivity index (χ2v) is 10.9. The van der Waals surface area contributed by atoms with Crippen LogP contribution in [0.25, 0.3) is 11.3 Å².